The number of carbonyl (C=O) groups is 1. The standard InChI is InChI=1S/C13H15N3O/c1-10(16(2)3)12(9-14)13(17)15-11-7-5-4-6-8-11/h4-8H,1-3H3,(H,15,17). The van der Waals surface area contributed by atoms with E-state index in [2.05, 4.69) is 5.32 Å². The van der Waals surface area contributed by atoms with Gasteiger partial charge in [0, 0.05) is 25.5 Å². The Morgan fingerprint density at radius 2 is 1.88 bits per heavy atom. The van der Waals surface area contributed by atoms with Crippen LogP contribution < -0.4 is 5.32 Å². The van der Waals surface area contributed by atoms with Gasteiger partial charge in [-0.15, -0.1) is 0 Å². The average Bonchev–Trinajstić information content (AvgIpc) is 2.30. The fourth-order valence-electron chi connectivity index (χ4n) is 1.23. The van der Waals surface area contributed by atoms with Crippen LogP contribution in [0.2, 0.25) is 0 Å². The lowest BCUT2D eigenvalue weighted by Gasteiger charge is -2.14. The lowest BCUT2D eigenvalue weighted by atomic mass is 10.2. The minimum absolute atomic E-state index is 0.124. The van der Waals surface area contributed by atoms with Crippen LogP contribution in [-0.4, -0.2) is 24.9 Å². The molecule has 0 saturated carbocycles. The number of carbonyl (C=O) groups excluding carboxylic acids is 1. The second kappa shape index (κ2) is 5.71. The zero-order valence-corrected chi connectivity index (χ0v) is 10.2. The number of benzene rings is 1. The molecule has 0 atom stereocenters. The van der Waals surface area contributed by atoms with E-state index in [1.807, 2.05) is 24.3 Å². The third kappa shape index (κ3) is 3.35. The molecule has 1 amide bonds. The lowest BCUT2D eigenvalue weighted by molar-refractivity contribution is -0.112. The van der Waals surface area contributed by atoms with Gasteiger partial charge in [-0.05, 0) is 19.1 Å². The third-order valence-corrected chi connectivity index (χ3v) is 2.40. The maximum Gasteiger partial charge on any atom is 0.268 e. The normalized spacial score (nSPS) is 11.2. The second-order valence-electron chi connectivity index (χ2n) is 3.79. The number of nitrogens with zero attached hydrogens (tertiary/aromatic N) is 2. The summed E-state index contributed by atoms with van der Waals surface area (Å²) in [6.07, 6.45) is 0. The van der Waals surface area contributed by atoms with Gasteiger partial charge in [0.15, 0.2) is 0 Å². The van der Waals surface area contributed by atoms with Crippen molar-refractivity contribution < 1.29 is 4.79 Å². The van der Waals surface area contributed by atoms with Gasteiger partial charge in [0.2, 0.25) is 0 Å². The quantitative estimate of drug-likeness (QED) is 0.637. The van der Waals surface area contributed by atoms with Crippen LogP contribution in [0.4, 0.5) is 5.69 Å². The van der Waals surface area contributed by atoms with E-state index in [-0.39, 0.29) is 11.5 Å². The smallest absolute Gasteiger partial charge is 0.268 e. The number of rotatable bonds is 3. The lowest BCUT2D eigenvalue weighted by Crippen LogP contribution is -2.19. The maximum absolute atomic E-state index is 11.9. The number of hydrogen-bond donors (Lipinski definition) is 1. The van der Waals surface area contributed by atoms with Crippen molar-refractivity contribution in [3.05, 3.63) is 41.6 Å². The Labute approximate surface area is 101 Å². The van der Waals surface area contributed by atoms with E-state index in [1.165, 1.54) is 0 Å². The summed E-state index contributed by atoms with van der Waals surface area (Å²) in [6, 6.07) is 11.0. The molecule has 4 heteroatoms. The van der Waals surface area contributed by atoms with Crippen molar-refractivity contribution in [2.75, 3.05) is 19.4 Å². The van der Waals surface area contributed by atoms with E-state index in [0.717, 1.165) is 0 Å². The molecule has 0 spiro atoms. The fraction of sp³-hybridized carbons (Fsp3) is 0.231. The predicted octanol–water partition coefficient (Wildman–Crippen LogP) is 1.98. The van der Waals surface area contributed by atoms with Crippen LogP contribution in [0.15, 0.2) is 41.6 Å². The molecule has 1 rings (SSSR count). The van der Waals surface area contributed by atoms with E-state index >= 15 is 0 Å². The predicted molar refractivity (Wildman–Crippen MR) is 67.1 cm³/mol. The monoisotopic (exact) mass is 229 g/mol. The van der Waals surface area contributed by atoms with Gasteiger partial charge in [-0.3, -0.25) is 4.79 Å². The van der Waals surface area contributed by atoms with Crippen LogP contribution in [0.25, 0.3) is 0 Å². The van der Waals surface area contributed by atoms with E-state index < -0.39 is 0 Å². The minimum atomic E-state index is -0.384. The Bertz CT molecular complexity index is 469. The molecule has 1 N–H and O–H groups in total. The van der Waals surface area contributed by atoms with Crippen molar-refractivity contribution in [1.29, 1.82) is 5.26 Å². The summed E-state index contributed by atoms with van der Waals surface area (Å²) in [6.45, 7) is 1.74. The van der Waals surface area contributed by atoms with E-state index in [1.54, 1.807) is 38.1 Å². The summed E-state index contributed by atoms with van der Waals surface area (Å²) < 4.78 is 0. The molecule has 88 valence electrons. The van der Waals surface area contributed by atoms with Gasteiger partial charge in [-0.2, -0.15) is 5.26 Å². The van der Waals surface area contributed by atoms with Crippen molar-refractivity contribution in [2.24, 2.45) is 0 Å². The zero-order chi connectivity index (χ0) is 12.8. The Kier molecular flexibility index (Phi) is 4.29. The largest absolute Gasteiger partial charge is 0.380 e. The topological polar surface area (TPSA) is 56.1 Å². The molecule has 0 radical (unpaired) electrons. The first-order valence-corrected chi connectivity index (χ1v) is 5.21. The molecule has 0 fully saturated rings. The van der Waals surface area contributed by atoms with Crippen LogP contribution in [0.3, 0.4) is 0 Å². The van der Waals surface area contributed by atoms with Gasteiger partial charge in [0.1, 0.15) is 11.6 Å². The van der Waals surface area contributed by atoms with Crippen molar-refractivity contribution in [2.45, 2.75) is 6.92 Å². The molecule has 0 unspecified atom stereocenters. The van der Waals surface area contributed by atoms with Gasteiger partial charge in [0.05, 0.1) is 0 Å². The number of para-hydroxylation sites is 1. The SMILES string of the molecule is CC(=C(C#N)C(=O)Nc1ccccc1)N(C)C. The summed E-state index contributed by atoms with van der Waals surface area (Å²) in [5.74, 6) is -0.384. The molecule has 17 heavy (non-hydrogen) atoms. The number of hydrogen-bond acceptors (Lipinski definition) is 3. The summed E-state index contributed by atoms with van der Waals surface area (Å²) >= 11 is 0. The maximum atomic E-state index is 11.9. The van der Waals surface area contributed by atoms with Gasteiger partial charge in [-0.1, -0.05) is 18.2 Å². The molecule has 0 bridgehead atoms. The Morgan fingerprint density at radius 1 is 1.29 bits per heavy atom. The zero-order valence-electron chi connectivity index (χ0n) is 10.2. The van der Waals surface area contributed by atoms with Crippen LogP contribution in [0.1, 0.15) is 6.92 Å². The van der Waals surface area contributed by atoms with E-state index in [9.17, 15) is 4.79 Å². The van der Waals surface area contributed by atoms with Crippen molar-refractivity contribution >= 4 is 11.6 Å². The van der Waals surface area contributed by atoms with Crippen LogP contribution in [-0.2, 0) is 4.79 Å². The first-order valence-electron chi connectivity index (χ1n) is 5.21. The first-order chi connectivity index (χ1) is 8.06. The van der Waals surface area contributed by atoms with Crippen molar-refractivity contribution in [3.8, 4) is 6.07 Å². The van der Waals surface area contributed by atoms with Crippen LogP contribution in [0, 0.1) is 11.3 Å². The third-order valence-electron chi connectivity index (χ3n) is 2.40. The molecular formula is C13H15N3O. The van der Waals surface area contributed by atoms with Crippen molar-refractivity contribution in [1.82, 2.24) is 4.90 Å². The Balaban J connectivity index is 2.91. The Morgan fingerprint density at radius 3 is 2.35 bits per heavy atom. The summed E-state index contributed by atoms with van der Waals surface area (Å²) in [5.41, 5.74) is 1.44. The molecule has 0 aliphatic heterocycles. The molecular weight excluding hydrogens is 214 g/mol. The summed E-state index contributed by atoms with van der Waals surface area (Å²) in [4.78, 5) is 13.6. The summed E-state index contributed by atoms with van der Waals surface area (Å²) in [5, 5.41) is 11.7. The molecule has 0 heterocycles. The number of nitriles is 1. The van der Waals surface area contributed by atoms with Crippen LogP contribution in [0.5, 0.6) is 0 Å². The number of anilines is 1. The highest BCUT2D eigenvalue weighted by Gasteiger charge is 2.13. The first kappa shape index (κ1) is 12.8. The van der Waals surface area contributed by atoms with Gasteiger partial charge in [0.25, 0.3) is 5.91 Å². The fourth-order valence-corrected chi connectivity index (χ4v) is 1.23. The molecule has 0 saturated heterocycles. The molecule has 1 aromatic carbocycles. The minimum Gasteiger partial charge on any atom is -0.380 e. The molecule has 0 aromatic heterocycles. The van der Waals surface area contributed by atoms with E-state index in [4.69, 9.17) is 5.26 Å². The molecule has 0 aliphatic carbocycles. The van der Waals surface area contributed by atoms with Gasteiger partial charge >= 0.3 is 0 Å². The highest BCUT2D eigenvalue weighted by molar-refractivity contribution is 6.06. The summed E-state index contributed by atoms with van der Waals surface area (Å²) in [7, 11) is 3.59. The van der Waals surface area contributed by atoms with E-state index in [0.29, 0.717) is 11.4 Å². The Hall–Kier alpha value is -2.28. The molecule has 0 aliphatic rings. The average molecular weight is 229 g/mol. The highest BCUT2D eigenvalue weighted by Crippen LogP contribution is 2.11. The highest BCUT2D eigenvalue weighted by atomic mass is 16.1. The number of amides is 1. The second-order valence-corrected chi connectivity index (χ2v) is 3.79. The molecule has 4 nitrogen and oxygen atoms in total. The van der Waals surface area contributed by atoms with Crippen molar-refractivity contribution in [3.63, 3.8) is 0 Å². The van der Waals surface area contributed by atoms with Gasteiger partial charge in [-0.25, -0.2) is 0 Å². The molecule has 1 aromatic rings. The van der Waals surface area contributed by atoms with Gasteiger partial charge < -0.3 is 10.2 Å². The van der Waals surface area contributed by atoms with Crippen LogP contribution >= 0.6 is 0 Å². The number of allylic oxidation sites excluding steroid dienone is 1. The number of nitrogens with one attached hydrogen (secondary N) is 1.